The van der Waals surface area contributed by atoms with Crippen molar-refractivity contribution < 1.29 is 38.3 Å². The summed E-state index contributed by atoms with van der Waals surface area (Å²) in [7, 11) is 8.39. The van der Waals surface area contributed by atoms with E-state index < -0.39 is 17.2 Å². The van der Waals surface area contributed by atoms with Gasteiger partial charge in [0, 0.05) is 43.7 Å². The van der Waals surface area contributed by atoms with E-state index in [9.17, 15) is 14.9 Å². The molecule has 4 N–H and O–H groups in total. The molecule has 0 aromatic heterocycles. The molecule has 0 saturated heterocycles. The van der Waals surface area contributed by atoms with Crippen LogP contribution in [0.3, 0.4) is 0 Å². The lowest BCUT2D eigenvalue weighted by Gasteiger charge is -2.38. The lowest BCUT2D eigenvalue weighted by Crippen LogP contribution is -2.48. The fourth-order valence-electron chi connectivity index (χ4n) is 4.78. The number of likely N-dealkylation sites (N-methyl/N-ethyl adjacent to an activating group) is 1. The minimum atomic E-state index is -1.43. The van der Waals surface area contributed by atoms with Crippen molar-refractivity contribution in [2.24, 2.45) is 0 Å². The van der Waals surface area contributed by atoms with E-state index in [1.807, 2.05) is 19.0 Å². The minimum Gasteiger partial charge on any atom is -0.493 e. The predicted octanol–water partition coefficient (Wildman–Crippen LogP) is 4.12. The van der Waals surface area contributed by atoms with E-state index in [1.165, 1.54) is 28.1 Å². The Hall–Kier alpha value is -5.49. The number of hydrogen-bond donors (Lipinski definition) is 4. The van der Waals surface area contributed by atoms with Crippen LogP contribution < -0.4 is 40.4 Å². The maximum absolute atomic E-state index is 12.7. The smallest absolute Gasteiger partial charge is 0.256 e. The number of carbonyl (C=O) groups is 2. The number of methoxy groups -OCH3 is 3. The van der Waals surface area contributed by atoms with Crippen LogP contribution in [0.25, 0.3) is 0 Å². The molecule has 1 aliphatic rings. The van der Waals surface area contributed by atoms with Crippen molar-refractivity contribution in [3.05, 3.63) is 78.0 Å². The first kappa shape index (κ1) is 36.3. The Balaban J connectivity index is 1.43. The molecule has 260 valence electrons. The Morgan fingerprint density at radius 2 is 1.61 bits per heavy atom. The van der Waals surface area contributed by atoms with Crippen LogP contribution in [0.4, 0.5) is 11.4 Å². The fraction of sp³-hybridized carbons (Fsp3) is 0.343. The van der Waals surface area contributed by atoms with Crippen LogP contribution in [-0.2, 0) is 24.9 Å². The summed E-state index contributed by atoms with van der Waals surface area (Å²) in [6.45, 7) is 3.99. The van der Waals surface area contributed by atoms with E-state index in [1.54, 1.807) is 74.0 Å². The average molecular weight is 675 g/mol. The minimum absolute atomic E-state index is 0.199. The normalized spacial score (nSPS) is 15.1. The van der Waals surface area contributed by atoms with Crippen molar-refractivity contribution in [2.75, 3.05) is 65.7 Å². The summed E-state index contributed by atoms with van der Waals surface area (Å²) in [6, 6.07) is 19.6. The molecular formula is C35H42N6O8. The third-order valence-corrected chi connectivity index (χ3v) is 7.51. The molecule has 0 bridgehead atoms. The number of para-hydroxylation sites is 2. The van der Waals surface area contributed by atoms with E-state index in [0.717, 1.165) is 0 Å². The van der Waals surface area contributed by atoms with Gasteiger partial charge in [-0.05, 0) is 70.4 Å². The number of carbonyl (C=O) groups excluding carboxylic acids is 2. The van der Waals surface area contributed by atoms with Gasteiger partial charge in [0.1, 0.15) is 17.4 Å². The van der Waals surface area contributed by atoms with Crippen molar-refractivity contribution in [1.29, 1.82) is 5.26 Å². The lowest BCUT2D eigenvalue weighted by molar-refractivity contribution is -0.272. The Morgan fingerprint density at radius 1 is 0.939 bits per heavy atom. The molecule has 1 aliphatic heterocycles. The summed E-state index contributed by atoms with van der Waals surface area (Å²) in [5.74, 6) is 1.17. The number of nitriles is 1. The number of amides is 2. The Kier molecular flexibility index (Phi) is 11.9. The number of hydrogen-bond acceptors (Lipinski definition) is 12. The topological polar surface area (TPSA) is 165 Å². The van der Waals surface area contributed by atoms with Crippen molar-refractivity contribution in [3.63, 3.8) is 0 Å². The second-order valence-electron chi connectivity index (χ2n) is 11.7. The summed E-state index contributed by atoms with van der Waals surface area (Å²) in [5, 5.41) is 21.8. The molecule has 0 spiro atoms. The van der Waals surface area contributed by atoms with Gasteiger partial charge in [0.2, 0.25) is 17.4 Å². The van der Waals surface area contributed by atoms with Crippen LogP contribution in [0, 0.1) is 11.3 Å². The molecular weight excluding hydrogens is 632 g/mol. The van der Waals surface area contributed by atoms with Gasteiger partial charge in [0.25, 0.3) is 5.91 Å². The van der Waals surface area contributed by atoms with Gasteiger partial charge in [-0.1, -0.05) is 12.1 Å². The second-order valence-corrected chi connectivity index (χ2v) is 11.7. The third-order valence-electron chi connectivity index (χ3n) is 7.51. The highest BCUT2D eigenvalue weighted by Crippen LogP contribution is 2.46. The number of fused-ring (bicyclic) bond motifs is 1. The molecule has 1 heterocycles. The first-order valence-electron chi connectivity index (χ1n) is 15.4. The van der Waals surface area contributed by atoms with Crippen molar-refractivity contribution >= 4 is 23.2 Å². The summed E-state index contributed by atoms with van der Waals surface area (Å²) in [6.07, 6.45) is 1.58. The van der Waals surface area contributed by atoms with Gasteiger partial charge in [-0.25, -0.2) is 0 Å². The number of nitrogens with zero attached hydrogens (tertiary/aromatic N) is 2. The van der Waals surface area contributed by atoms with Gasteiger partial charge in [0.05, 0.1) is 26.5 Å². The SMILES string of the molecule is COc1cc2c(cc1OC)C(Nc1ccc(Oc3ccccc3OOC(C)(C)C(=O)NCC(=O)NCCN(C)C)cc1)(OC)C(C#N)=CN2. The molecule has 0 radical (unpaired) electrons. The Morgan fingerprint density at radius 3 is 2.24 bits per heavy atom. The van der Waals surface area contributed by atoms with Crippen LogP contribution in [0.5, 0.6) is 28.7 Å². The molecule has 49 heavy (non-hydrogen) atoms. The van der Waals surface area contributed by atoms with Gasteiger partial charge in [0.15, 0.2) is 22.8 Å². The number of nitrogens with one attached hydrogen (secondary N) is 4. The van der Waals surface area contributed by atoms with Gasteiger partial charge < -0.3 is 50.0 Å². The monoisotopic (exact) mass is 674 g/mol. The molecule has 0 fully saturated rings. The molecule has 1 atom stereocenters. The maximum atomic E-state index is 12.7. The first-order valence-corrected chi connectivity index (χ1v) is 15.4. The molecule has 14 heteroatoms. The zero-order valence-corrected chi connectivity index (χ0v) is 28.6. The second kappa shape index (κ2) is 16.1. The summed E-state index contributed by atoms with van der Waals surface area (Å²) < 4.78 is 23.1. The highest BCUT2D eigenvalue weighted by Gasteiger charge is 2.42. The highest BCUT2D eigenvalue weighted by molar-refractivity contribution is 5.88. The van der Waals surface area contributed by atoms with E-state index in [-0.39, 0.29) is 18.2 Å². The molecule has 0 aliphatic carbocycles. The Labute approximate surface area is 285 Å². The van der Waals surface area contributed by atoms with Crippen LogP contribution >= 0.6 is 0 Å². The van der Waals surface area contributed by atoms with E-state index in [4.69, 9.17) is 28.7 Å². The van der Waals surface area contributed by atoms with E-state index in [0.29, 0.717) is 58.6 Å². The summed E-state index contributed by atoms with van der Waals surface area (Å²) >= 11 is 0. The van der Waals surface area contributed by atoms with Gasteiger partial charge in [-0.15, -0.1) is 0 Å². The average Bonchev–Trinajstić information content (AvgIpc) is 3.10. The molecule has 1 unspecified atom stereocenters. The zero-order valence-electron chi connectivity index (χ0n) is 28.6. The van der Waals surface area contributed by atoms with Gasteiger partial charge >= 0.3 is 0 Å². The van der Waals surface area contributed by atoms with Crippen LogP contribution in [0.15, 0.2) is 72.4 Å². The number of rotatable bonds is 16. The van der Waals surface area contributed by atoms with E-state index in [2.05, 4.69) is 27.3 Å². The molecule has 3 aromatic carbocycles. The third kappa shape index (κ3) is 8.71. The number of benzene rings is 3. The standard InChI is InChI=1S/C35H42N6O8/c1-34(2,33(43)39-22-32(42)37-16-17-41(3)4)49-48-29-11-9-8-10-28(29)47-25-14-12-24(13-15-25)40-35(46-7)23(20-36)21-38-27-19-31(45-6)30(44-5)18-26(27)35/h8-15,18-19,21,38,40H,16-17,22H2,1-7H3,(H,37,42)(H,39,43). The number of ether oxygens (including phenoxy) is 4. The molecule has 2 amide bonds. The van der Waals surface area contributed by atoms with Gasteiger partial charge in [-0.2, -0.15) is 10.1 Å². The van der Waals surface area contributed by atoms with Crippen LogP contribution in [0.2, 0.25) is 0 Å². The van der Waals surface area contributed by atoms with Crippen LogP contribution in [-0.4, -0.2) is 77.4 Å². The first-order chi connectivity index (χ1) is 23.5. The van der Waals surface area contributed by atoms with Crippen molar-refractivity contribution in [3.8, 4) is 34.8 Å². The largest absolute Gasteiger partial charge is 0.493 e. The van der Waals surface area contributed by atoms with Crippen LogP contribution in [0.1, 0.15) is 19.4 Å². The highest BCUT2D eigenvalue weighted by atomic mass is 17.2. The summed E-state index contributed by atoms with van der Waals surface area (Å²) in [5.41, 5.74) is -0.555. The lowest BCUT2D eigenvalue weighted by atomic mass is 9.90. The molecule has 4 rings (SSSR count). The summed E-state index contributed by atoms with van der Waals surface area (Å²) in [4.78, 5) is 37.8. The number of anilines is 2. The predicted molar refractivity (Wildman–Crippen MR) is 182 cm³/mol. The maximum Gasteiger partial charge on any atom is 0.256 e. The van der Waals surface area contributed by atoms with Gasteiger partial charge in [-0.3, -0.25) is 9.59 Å². The fourth-order valence-corrected chi connectivity index (χ4v) is 4.78. The quantitative estimate of drug-likeness (QED) is 0.0978. The van der Waals surface area contributed by atoms with Crippen molar-refractivity contribution in [2.45, 2.75) is 25.2 Å². The zero-order chi connectivity index (χ0) is 35.6. The van der Waals surface area contributed by atoms with Crippen molar-refractivity contribution in [1.82, 2.24) is 15.5 Å². The molecule has 0 saturated carbocycles. The molecule has 14 nitrogen and oxygen atoms in total. The Bertz CT molecular complexity index is 1700. The van der Waals surface area contributed by atoms with E-state index >= 15 is 0 Å². The molecule has 3 aromatic rings.